The van der Waals surface area contributed by atoms with Gasteiger partial charge in [0.2, 0.25) is 11.8 Å². The van der Waals surface area contributed by atoms with Crippen LogP contribution in [0.5, 0.6) is 11.8 Å². The Hall–Kier alpha value is -1.25. The minimum absolute atomic E-state index is 0.00292. The predicted molar refractivity (Wildman–Crippen MR) is 37.2 cm³/mol. The van der Waals surface area contributed by atoms with Crippen molar-refractivity contribution in [3.8, 4) is 11.8 Å². The largest absolute Gasteiger partial charge is 0.493 e. The third-order valence-electron chi connectivity index (χ3n) is 1.14. The van der Waals surface area contributed by atoms with Gasteiger partial charge in [0.1, 0.15) is 0 Å². The van der Waals surface area contributed by atoms with Gasteiger partial charge in [0.05, 0.1) is 7.11 Å². The Morgan fingerprint density at radius 1 is 1.50 bits per heavy atom. The second kappa shape index (κ2) is 2.56. The summed E-state index contributed by atoms with van der Waals surface area (Å²) >= 11 is 0. The van der Waals surface area contributed by atoms with Gasteiger partial charge in [-0.05, 0) is 12.5 Å². The molecule has 1 N–H and O–H groups in total. The number of methoxy groups -OCH3 is 1. The first-order chi connectivity index (χ1) is 4.72. The molecule has 0 bridgehead atoms. The third-order valence-corrected chi connectivity index (χ3v) is 1.14. The van der Waals surface area contributed by atoms with Crippen molar-refractivity contribution >= 4 is 0 Å². The fourth-order valence-electron chi connectivity index (χ4n) is 0.722. The SMILES string of the molecule is COc1cc(C)cc(O)n1. The van der Waals surface area contributed by atoms with Gasteiger partial charge in [0.15, 0.2) is 0 Å². The first kappa shape index (κ1) is 6.86. The van der Waals surface area contributed by atoms with Gasteiger partial charge in [-0.15, -0.1) is 0 Å². The second-order valence-corrected chi connectivity index (χ2v) is 2.05. The maximum Gasteiger partial charge on any atom is 0.216 e. The summed E-state index contributed by atoms with van der Waals surface area (Å²) in [5.74, 6) is 0.439. The first-order valence-electron chi connectivity index (χ1n) is 2.94. The molecule has 0 radical (unpaired) electrons. The lowest BCUT2D eigenvalue weighted by molar-refractivity contribution is 0.379. The van der Waals surface area contributed by atoms with E-state index in [1.807, 2.05) is 6.92 Å². The topological polar surface area (TPSA) is 42.4 Å². The summed E-state index contributed by atoms with van der Waals surface area (Å²) in [5, 5.41) is 8.93. The molecule has 0 unspecified atom stereocenters. The Morgan fingerprint density at radius 2 is 2.20 bits per heavy atom. The normalized spacial score (nSPS) is 9.40. The molecule has 0 amide bonds. The van der Waals surface area contributed by atoms with Crippen LogP contribution in [0.1, 0.15) is 5.56 Å². The summed E-state index contributed by atoms with van der Waals surface area (Å²) in [7, 11) is 1.52. The van der Waals surface area contributed by atoms with E-state index in [0.29, 0.717) is 5.88 Å². The minimum Gasteiger partial charge on any atom is -0.493 e. The van der Waals surface area contributed by atoms with Crippen molar-refractivity contribution in [1.82, 2.24) is 4.98 Å². The summed E-state index contributed by atoms with van der Waals surface area (Å²) in [6.07, 6.45) is 0. The molecule has 0 aliphatic heterocycles. The maximum atomic E-state index is 8.93. The molecule has 0 saturated carbocycles. The fraction of sp³-hybridized carbons (Fsp3) is 0.286. The van der Waals surface area contributed by atoms with Gasteiger partial charge >= 0.3 is 0 Å². The van der Waals surface area contributed by atoms with Gasteiger partial charge in [-0.1, -0.05) is 0 Å². The van der Waals surface area contributed by atoms with Gasteiger partial charge in [-0.25, -0.2) is 0 Å². The summed E-state index contributed by atoms with van der Waals surface area (Å²) in [5.41, 5.74) is 0.935. The predicted octanol–water partition coefficient (Wildman–Crippen LogP) is 1.10. The van der Waals surface area contributed by atoms with Gasteiger partial charge < -0.3 is 9.84 Å². The maximum absolute atomic E-state index is 8.93. The number of hydrogen-bond acceptors (Lipinski definition) is 3. The fourth-order valence-corrected chi connectivity index (χ4v) is 0.722. The standard InChI is InChI=1S/C7H9NO2/c1-5-3-6(9)8-7(4-5)10-2/h3-4H,1-2H3,(H,8,9). The Morgan fingerprint density at radius 3 is 2.70 bits per heavy atom. The van der Waals surface area contributed by atoms with E-state index < -0.39 is 0 Å². The molecular weight excluding hydrogens is 130 g/mol. The molecule has 3 heteroatoms. The highest BCUT2D eigenvalue weighted by Crippen LogP contribution is 2.14. The molecule has 1 rings (SSSR count). The van der Waals surface area contributed by atoms with Crippen molar-refractivity contribution < 1.29 is 9.84 Å². The van der Waals surface area contributed by atoms with E-state index in [2.05, 4.69) is 4.98 Å². The highest BCUT2D eigenvalue weighted by molar-refractivity contribution is 5.26. The highest BCUT2D eigenvalue weighted by atomic mass is 16.5. The lowest BCUT2D eigenvalue weighted by Gasteiger charge is -1.99. The van der Waals surface area contributed by atoms with Crippen LogP contribution in [0, 0.1) is 6.92 Å². The molecule has 10 heavy (non-hydrogen) atoms. The number of aromatic nitrogens is 1. The van der Waals surface area contributed by atoms with E-state index in [1.54, 1.807) is 12.1 Å². The van der Waals surface area contributed by atoms with Gasteiger partial charge in [-0.3, -0.25) is 0 Å². The minimum atomic E-state index is -0.00292. The molecule has 0 atom stereocenters. The Labute approximate surface area is 59.3 Å². The molecule has 1 heterocycles. The molecule has 54 valence electrons. The van der Waals surface area contributed by atoms with Crippen LogP contribution >= 0.6 is 0 Å². The van der Waals surface area contributed by atoms with Crippen LogP contribution in [0.15, 0.2) is 12.1 Å². The highest BCUT2D eigenvalue weighted by Gasteiger charge is 1.96. The number of hydrogen-bond donors (Lipinski definition) is 1. The number of rotatable bonds is 1. The van der Waals surface area contributed by atoms with Crippen LogP contribution in [-0.2, 0) is 0 Å². The Balaban J connectivity index is 3.06. The number of nitrogens with zero attached hydrogens (tertiary/aromatic N) is 1. The molecule has 0 saturated heterocycles. The van der Waals surface area contributed by atoms with Crippen molar-refractivity contribution in [3.05, 3.63) is 17.7 Å². The van der Waals surface area contributed by atoms with Crippen molar-refractivity contribution in [3.63, 3.8) is 0 Å². The average Bonchev–Trinajstić information content (AvgIpc) is 1.85. The zero-order valence-corrected chi connectivity index (χ0v) is 5.96. The molecule has 1 aromatic heterocycles. The summed E-state index contributed by atoms with van der Waals surface area (Å²) in [6, 6.07) is 3.32. The van der Waals surface area contributed by atoms with Crippen molar-refractivity contribution in [2.75, 3.05) is 7.11 Å². The first-order valence-corrected chi connectivity index (χ1v) is 2.94. The Bertz CT molecular complexity index is 215. The Kier molecular flexibility index (Phi) is 1.76. The van der Waals surface area contributed by atoms with E-state index in [9.17, 15) is 0 Å². The molecule has 0 aromatic carbocycles. The molecular formula is C7H9NO2. The van der Waals surface area contributed by atoms with Crippen molar-refractivity contribution in [1.29, 1.82) is 0 Å². The van der Waals surface area contributed by atoms with E-state index in [-0.39, 0.29) is 5.88 Å². The van der Waals surface area contributed by atoms with Crippen LogP contribution < -0.4 is 4.74 Å². The number of aryl methyl sites for hydroxylation is 1. The number of pyridine rings is 1. The zero-order valence-electron chi connectivity index (χ0n) is 5.96. The zero-order chi connectivity index (χ0) is 7.56. The van der Waals surface area contributed by atoms with E-state index in [4.69, 9.17) is 9.84 Å². The average molecular weight is 139 g/mol. The molecule has 0 fully saturated rings. The van der Waals surface area contributed by atoms with E-state index in [0.717, 1.165) is 5.56 Å². The van der Waals surface area contributed by atoms with Crippen molar-refractivity contribution in [2.45, 2.75) is 6.92 Å². The van der Waals surface area contributed by atoms with Crippen LogP contribution in [0.25, 0.3) is 0 Å². The lowest BCUT2D eigenvalue weighted by atomic mass is 10.3. The lowest BCUT2D eigenvalue weighted by Crippen LogP contribution is -1.87. The molecule has 0 aliphatic carbocycles. The van der Waals surface area contributed by atoms with Crippen LogP contribution in [0.3, 0.4) is 0 Å². The van der Waals surface area contributed by atoms with Gasteiger partial charge in [0, 0.05) is 12.1 Å². The molecule has 3 nitrogen and oxygen atoms in total. The second-order valence-electron chi connectivity index (χ2n) is 2.05. The summed E-state index contributed by atoms with van der Waals surface area (Å²) < 4.78 is 4.80. The summed E-state index contributed by atoms with van der Waals surface area (Å²) in [4.78, 5) is 3.69. The van der Waals surface area contributed by atoms with Gasteiger partial charge in [-0.2, -0.15) is 4.98 Å². The smallest absolute Gasteiger partial charge is 0.216 e. The van der Waals surface area contributed by atoms with E-state index >= 15 is 0 Å². The van der Waals surface area contributed by atoms with Crippen LogP contribution in [0.2, 0.25) is 0 Å². The third kappa shape index (κ3) is 1.37. The van der Waals surface area contributed by atoms with Crippen LogP contribution in [-0.4, -0.2) is 17.2 Å². The summed E-state index contributed by atoms with van der Waals surface area (Å²) in [6.45, 7) is 1.86. The van der Waals surface area contributed by atoms with E-state index in [1.165, 1.54) is 7.11 Å². The molecule has 0 aliphatic rings. The quantitative estimate of drug-likeness (QED) is 0.633. The molecule has 0 spiro atoms. The number of ether oxygens (including phenoxy) is 1. The van der Waals surface area contributed by atoms with Crippen LogP contribution in [0.4, 0.5) is 0 Å². The van der Waals surface area contributed by atoms with Crippen molar-refractivity contribution in [2.24, 2.45) is 0 Å². The molecule has 1 aromatic rings. The monoisotopic (exact) mass is 139 g/mol. The number of aromatic hydroxyl groups is 1. The van der Waals surface area contributed by atoms with Gasteiger partial charge in [0.25, 0.3) is 0 Å².